The number of halogens is 9. The maximum Gasteiger partial charge on any atom is 0.0540 e. The van der Waals surface area contributed by atoms with Crippen LogP contribution in [-0.4, -0.2) is 176 Å². The molecule has 3 N–H and O–H groups in total. The molecule has 33 heteroatoms. The van der Waals surface area contributed by atoms with Crippen LogP contribution < -0.4 is 18.9 Å². The summed E-state index contributed by atoms with van der Waals surface area (Å²) in [6.45, 7) is 12.8. The van der Waals surface area contributed by atoms with E-state index in [2.05, 4.69) is 83.0 Å². The number of aliphatic hydroxyl groups is 3. The predicted molar refractivity (Wildman–Crippen MR) is 332 cm³/mol. The number of benzene rings is 4. The van der Waals surface area contributed by atoms with Gasteiger partial charge < -0.3 is 53.2 Å². The first-order valence-corrected chi connectivity index (χ1v) is 39.7. The van der Waals surface area contributed by atoms with Gasteiger partial charge in [0.15, 0.2) is 0 Å². The predicted octanol–water partition coefficient (Wildman–Crippen LogP) is 11.6. The number of aliphatic hydroxyl groups excluding tert-OH is 3. The van der Waals surface area contributed by atoms with Crippen LogP contribution in [-0.2, 0) is 66.9 Å². The second kappa shape index (κ2) is 36.4. The van der Waals surface area contributed by atoms with Gasteiger partial charge in [0.1, 0.15) is 73.8 Å². The number of rotatable bonds is 28. The molecular weight excluding hydrogens is 1550 g/mol. The molecule has 4 unspecified atom stereocenters. The molecule has 3 saturated carbocycles. The molecule has 4 atom stereocenters. The van der Waals surface area contributed by atoms with Crippen molar-refractivity contribution in [1.29, 1.82) is 0 Å². The number of hydrogen-bond donors (Lipinski definition) is 3. The Morgan fingerprint density at radius 2 is 0.667 bits per heavy atom. The SMILES string of the molecule is CC(C)(c1ccc(OCC(O)COC2CCCCC2)cc1)c1ccc(OCC(O)COC2CCCCC2)cc1.CC(C)(c1ccc(OCC2CO2)cc1)c1ccc(OCC2CO2)cc1.O=S(=O)([O][Bi]([O]S(=O)(=O)C(F)(F)F)[O]S(=O)(=O)C(F)(F)F)C(F)(F)F.OC1CCCCC1. The first kappa shape index (κ1) is 80.8. The number of alkyl halides is 9. The van der Waals surface area contributed by atoms with E-state index in [0.717, 1.165) is 74.7 Å². The fraction of sp³-hybridized carbons (Fsp3) is 0.619. The van der Waals surface area contributed by atoms with Gasteiger partial charge in [0.25, 0.3) is 0 Å². The Morgan fingerprint density at radius 3 is 0.896 bits per heavy atom. The van der Waals surface area contributed by atoms with E-state index in [1.165, 1.54) is 80.0 Å². The van der Waals surface area contributed by atoms with Gasteiger partial charge in [0.05, 0.1) is 44.7 Å². The summed E-state index contributed by atoms with van der Waals surface area (Å²) in [7, 11) is -21.2. The Bertz CT molecular complexity index is 3040. The summed E-state index contributed by atoms with van der Waals surface area (Å²) in [5, 5.41) is 29.4. The van der Waals surface area contributed by atoms with Crippen LogP contribution >= 0.6 is 0 Å². The molecule has 20 nitrogen and oxygen atoms in total. The standard InChI is InChI=1S/C33H48O6.C21H24O4.C6H12O.3CHF3O3S.Bi/c1-33(2,25-13-17-31(18-14-25)38-23-27(34)21-36-29-9-5-3-6-10-29)26-15-19-32(20-16-26)39-24-28(35)22-37-30-11-7-4-8-12-30;1-21(2,15-3-7-17(8-4-15)22-11-19-13-24-19)16-5-9-18(10-6-16)23-12-20-14-25-20;7-6-4-2-1-3-5-6;3*2-1(3,4)8(5,6)7;/h13-20,27-30,34-35H,3-12,21-24H2,1-2H3;3-10,19-20H,11-14H2,1-2H3;6-7H,1-5H2;3*(H,5,6,7);/q;;;;;;+3/p-3. The third kappa shape index (κ3) is 27.0. The van der Waals surface area contributed by atoms with Gasteiger partial charge in [-0.15, -0.1) is 0 Å². The van der Waals surface area contributed by atoms with Gasteiger partial charge in [-0.25, -0.2) is 0 Å². The number of epoxide rings is 2. The summed E-state index contributed by atoms with van der Waals surface area (Å²) in [6.07, 6.45) is 17.6. The minimum absolute atomic E-state index is 0.0359. The third-order valence-electron chi connectivity index (χ3n) is 15.9. The van der Waals surface area contributed by atoms with E-state index >= 15 is 0 Å². The molecule has 542 valence electrons. The maximum absolute atomic E-state index is 12.0. The van der Waals surface area contributed by atoms with Crippen LogP contribution in [0.15, 0.2) is 97.1 Å². The molecular formula is C63H84BiF9O20S3. The first-order chi connectivity index (χ1) is 44.9. The summed E-state index contributed by atoms with van der Waals surface area (Å²) < 4.78 is 224. The van der Waals surface area contributed by atoms with Gasteiger partial charge in [0, 0.05) is 10.8 Å². The Morgan fingerprint density at radius 1 is 0.417 bits per heavy atom. The second-order valence-corrected chi connectivity index (χ2v) is 36.0. The maximum atomic E-state index is 12.0. The summed E-state index contributed by atoms with van der Waals surface area (Å²) >= 11 is -7.11. The van der Waals surface area contributed by atoms with E-state index in [-0.39, 0.29) is 54.6 Å². The van der Waals surface area contributed by atoms with Gasteiger partial charge in [-0.2, -0.15) is 0 Å². The number of hydrogen-bond acceptors (Lipinski definition) is 20. The van der Waals surface area contributed by atoms with Crippen molar-refractivity contribution in [3.05, 3.63) is 119 Å². The molecule has 0 radical (unpaired) electrons. The van der Waals surface area contributed by atoms with Crippen LogP contribution in [0.5, 0.6) is 23.0 Å². The molecule has 2 aliphatic heterocycles. The van der Waals surface area contributed by atoms with Crippen LogP contribution in [0, 0.1) is 0 Å². The Balaban J connectivity index is 0.000000223. The fourth-order valence-corrected chi connectivity index (χ4v) is 22.0. The van der Waals surface area contributed by atoms with Crippen molar-refractivity contribution >= 4 is 53.4 Å². The van der Waals surface area contributed by atoms with E-state index in [1.807, 2.05) is 48.5 Å². The van der Waals surface area contributed by atoms with Gasteiger partial charge in [0.2, 0.25) is 0 Å². The van der Waals surface area contributed by atoms with Crippen molar-refractivity contribution in [3.8, 4) is 23.0 Å². The van der Waals surface area contributed by atoms with Crippen molar-refractivity contribution in [2.75, 3.05) is 52.9 Å². The minimum atomic E-state index is -7.11. The van der Waals surface area contributed by atoms with Crippen molar-refractivity contribution in [1.82, 2.24) is 0 Å². The van der Waals surface area contributed by atoms with Gasteiger partial charge in [-0.3, -0.25) is 0 Å². The molecule has 4 aromatic rings. The van der Waals surface area contributed by atoms with Gasteiger partial charge in [-0.05, 0) is 109 Å². The van der Waals surface area contributed by atoms with E-state index in [0.29, 0.717) is 26.4 Å². The van der Waals surface area contributed by atoms with E-state index in [1.54, 1.807) is 0 Å². The average Bonchev–Trinajstić information content (AvgIpc) is 1.38. The van der Waals surface area contributed by atoms with Crippen LogP contribution in [0.1, 0.15) is 146 Å². The molecule has 0 aromatic heterocycles. The third-order valence-corrected chi connectivity index (χ3v) is 29.7. The largest absolute Gasteiger partial charge is 0.393 e. The summed E-state index contributed by atoms with van der Waals surface area (Å²) in [5.41, 5.74) is -14.9. The summed E-state index contributed by atoms with van der Waals surface area (Å²) in [4.78, 5) is 0. The Labute approximate surface area is 564 Å². The van der Waals surface area contributed by atoms with E-state index in [9.17, 15) is 75.0 Å². The van der Waals surface area contributed by atoms with Crippen molar-refractivity contribution in [2.24, 2.45) is 0 Å². The number of ether oxygens (including phenoxy) is 8. The van der Waals surface area contributed by atoms with E-state index < -0.39 is 82.2 Å². The van der Waals surface area contributed by atoms with Crippen molar-refractivity contribution in [2.45, 2.75) is 194 Å². The zero-order chi connectivity index (χ0) is 70.6. The van der Waals surface area contributed by atoms with Gasteiger partial charge >= 0.3 is 141 Å². The summed E-state index contributed by atoms with van der Waals surface area (Å²) in [6, 6.07) is 32.8. The quantitative estimate of drug-likeness (QED) is 0.0206. The molecule has 96 heavy (non-hydrogen) atoms. The van der Waals surface area contributed by atoms with Crippen LogP contribution in [0.2, 0.25) is 0 Å². The van der Waals surface area contributed by atoms with Crippen molar-refractivity contribution in [3.63, 3.8) is 0 Å². The topological polar surface area (TPSA) is 271 Å². The van der Waals surface area contributed by atoms with Crippen molar-refractivity contribution < 1.29 is 125 Å². The molecule has 3 aliphatic carbocycles. The van der Waals surface area contributed by atoms with Crippen LogP contribution in [0.4, 0.5) is 39.5 Å². The second-order valence-electron chi connectivity index (χ2n) is 24.4. The molecule has 2 heterocycles. The Kier molecular flexibility index (Phi) is 30.6. The molecule has 9 rings (SSSR count). The molecule has 0 amide bonds. The molecule has 4 aromatic carbocycles. The smallest absolute Gasteiger partial charge is 0.0540 e. The normalized spacial score (nSPS) is 19.3. The molecule has 5 aliphatic rings. The minimum Gasteiger partial charge on any atom is -0.393 e. The van der Waals surface area contributed by atoms with Gasteiger partial charge in [-0.1, -0.05) is 134 Å². The zero-order valence-corrected chi connectivity index (χ0v) is 59.3. The first-order valence-electron chi connectivity index (χ1n) is 31.2. The van der Waals surface area contributed by atoms with Crippen LogP contribution in [0.25, 0.3) is 0 Å². The molecule has 0 spiro atoms. The van der Waals surface area contributed by atoms with Crippen LogP contribution in [0.3, 0.4) is 0 Å². The molecule has 0 bridgehead atoms. The zero-order valence-electron chi connectivity index (χ0n) is 53.4. The molecule has 5 fully saturated rings. The van der Waals surface area contributed by atoms with E-state index in [4.69, 9.17) is 43.0 Å². The summed E-state index contributed by atoms with van der Waals surface area (Å²) in [5.74, 6) is 3.25. The fourth-order valence-electron chi connectivity index (χ4n) is 9.84. The molecule has 2 saturated heterocycles. The Hall–Kier alpha value is -4.22. The monoisotopic (exact) mass is 1640 g/mol. The average molecular weight is 1640 g/mol.